The number of aliphatic carboxylic acids is 1. The van der Waals surface area contributed by atoms with Crippen molar-refractivity contribution in [2.24, 2.45) is 11.1 Å². The predicted octanol–water partition coefficient (Wildman–Crippen LogP) is 4.55. The summed E-state index contributed by atoms with van der Waals surface area (Å²) in [6.07, 6.45) is -2.56. The Morgan fingerprint density at radius 1 is 1.08 bits per heavy atom. The van der Waals surface area contributed by atoms with E-state index < -0.39 is 50.8 Å². The number of carboxylic acids is 1. The van der Waals surface area contributed by atoms with E-state index in [9.17, 15) is 36.3 Å². The largest absolute Gasteiger partial charge is 0.481 e. The minimum absolute atomic E-state index is 0.0242. The Morgan fingerprint density at radius 2 is 1.79 bits per heavy atom. The SMILES string of the molecule is Cc1ccc(C(c2ccn3c(C(F)(F)F)nnc3c2C)C(C)(C)C(=O)O)cc1CN1CC2(CCOCC2)Oc2nc(CCC(N)=O)ccc2S1(=O)=O. The quantitative estimate of drug-likeness (QED) is 0.247. The van der Waals surface area contributed by atoms with Gasteiger partial charge in [-0.3, -0.25) is 14.0 Å². The lowest BCUT2D eigenvalue weighted by molar-refractivity contribution is -0.147. The highest BCUT2D eigenvalue weighted by molar-refractivity contribution is 7.89. The Morgan fingerprint density at radius 3 is 2.44 bits per heavy atom. The maximum absolute atomic E-state index is 14.4. The summed E-state index contributed by atoms with van der Waals surface area (Å²) >= 11 is 0. The number of aromatic nitrogens is 4. The summed E-state index contributed by atoms with van der Waals surface area (Å²) < 4.78 is 84.0. The third kappa shape index (κ3) is 6.84. The first-order valence-corrected chi connectivity index (χ1v) is 18.1. The number of carbonyl (C=O) groups is 2. The first-order valence-electron chi connectivity index (χ1n) is 16.6. The molecule has 3 aromatic heterocycles. The summed E-state index contributed by atoms with van der Waals surface area (Å²) in [7, 11) is -4.22. The molecule has 1 saturated heterocycles. The number of benzene rings is 1. The number of amides is 1. The molecule has 1 aromatic carbocycles. The van der Waals surface area contributed by atoms with Crippen LogP contribution < -0.4 is 10.5 Å². The van der Waals surface area contributed by atoms with Gasteiger partial charge in [0.05, 0.1) is 25.2 Å². The van der Waals surface area contributed by atoms with Gasteiger partial charge in [-0.1, -0.05) is 18.2 Å². The molecule has 1 atom stereocenters. The molecule has 1 amide bonds. The molecule has 278 valence electrons. The zero-order valence-corrected chi connectivity index (χ0v) is 29.8. The van der Waals surface area contributed by atoms with E-state index in [1.165, 1.54) is 42.5 Å². The van der Waals surface area contributed by atoms with Crippen LogP contribution in [0, 0.1) is 19.3 Å². The highest BCUT2D eigenvalue weighted by Gasteiger charge is 2.46. The fraction of sp³-hybridized carbons (Fsp3) is 0.457. The van der Waals surface area contributed by atoms with E-state index in [-0.39, 0.29) is 42.4 Å². The van der Waals surface area contributed by atoms with Gasteiger partial charge in [0, 0.05) is 43.6 Å². The van der Waals surface area contributed by atoms with Crippen molar-refractivity contribution in [3.05, 3.63) is 81.9 Å². The molecule has 5 heterocycles. The zero-order valence-electron chi connectivity index (χ0n) is 29.0. The van der Waals surface area contributed by atoms with E-state index in [2.05, 4.69) is 15.2 Å². The van der Waals surface area contributed by atoms with Gasteiger partial charge in [0.2, 0.25) is 27.6 Å². The summed E-state index contributed by atoms with van der Waals surface area (Å²) in [5.74, 6) is -3.83. The van der Waals surface area contributed by atoms with E-state index in [4.69, 9.17) is 15.2 Å². The Kier molecular flexibility index (Phi) is 9.59. The van der Waals surface area contributed by atoms with Crippen molar-refractivity contribution in [3.63, 3.8) is 0 Å². The molecule has 13 nitrogen and oxygen atoms in total. The molecule has 6 rings (SSSR count). The van der Waals surface area contributed by atoms with Gasteiger partial charge in [-0.2, -0.15) is 17.5 Å². The Labute approximate surface area is 298 Å². The summed E-state index contributed by atoms with van der Waals surface area (Å²) in [6.45, 7) is 6.99. The van der Waals surface area contributed by atoms with Crippen molar-refractivity contribution in [1.29, 1.82) is 0 Å². The number of hydrogen-bond acceptors (Lipinski definition) is 9. The Bertz CT molecular complexity index is 2160. The molecule has 0 aliphatic carbocycles. The number of rotatable bonds is 9. The molecule has 1 unspecified atom stereocenters. The second-order valence-corrected chi connectivity index (χ2v) is 15.9. The van der Waals surface area contributed by atoms with Crippen LogP contribution in [0.25, 0.3) is 5.65 Å². The van der Waals surface area contributed by atoms with E-state index >= 15 is 0 Å². The van der Waals surface area contributed by atoms with Crippen LogP contribution in [0.3, 0.4) is 0 Å². The molecule has 2 aliphatic rings. The summed E-state index contributed by atoms with van der Waals surface area (Å²) in [5, 5.41) is 17.6. The van der Waals surface area contributed by atoms with E-state index in [0.717, 1.165) is 9.96 Å². The molecule has 0 radical (unpaired) electrons. The van der Waals surface area contributed by atoms with Gasteiger partial charge >= 0.3 is 12.1 Å². The average Bonchev–Trinajstić information content (AvgIpc) is 3.49. The molecule has 1 fully saturated rings. The standard InChI is InChI=1S/C35H39F3N6O7S/c1-20-5-6-22(28(33(3,4)32(46)47)25-11-14-44-29(21(25)2)41-42-31(44)35(36,37)38)17-23(20)18-43-19-34(12-15-50-16-13-34)51-30-26(52(43,48)49)9-7-24(40-30)8-10-27(39)45/h5-7,9,11,14,17,28H,8,10,12-13,15-16,18-19H2,1-4H3,(H2,39,45)(H,46,47). The predicted molar refractivity (Wildman–Crippen MR) is 180 cm³/mol. The van der Waals surface area contributed by atoms with Gasteiger partial charge in [-0.15, -0.1) is 10.2 Å². The normalized spacial score (nSPS) is 18.1. The lowest BCUT2D eigenvalue weighted by Gasteiger charge is -2.38. The zero-order chi connectivity index (χ0) is 37.8. The topological polar surface area (TPSA) is 179 Å². The molecule has 2 aliphatic heterocycles. The first kappa shape index (κ1) is 37.2. The van der Waals surface area contributed by atoms with Gasteiger partial charge in [0.15, 0.2) is 5.65 Å². The minimum atomic E-state index is -4.76. The molecule has 0 bridgehead atoms. The fourth-order valence-corrected chi connectivity index (χ4v) is 8.54. The number of fused-ring (bicyclic) bond motifs is 2. The first-order chi connectivity index (χ1) is 24.3. The maximum atomic E-state index is 14.4. The molecule has 17 heteroatoms. The number of ether oxygens (including phenoxy) is 2. The van der Waals surface area contributed by atoms with Crippen LogP contribution in [0.5, 0.6) is 5.88 Å². The van der Waals surface area contributed by atoms with Crippen molar-refractivity contribution in [2.45, 2.75) is 82.5 Å². The number of primary amides is 1. The number of sulfonamides is 1. The van der Waals surface area contributed by atoms with Gasteiger partial charge in [0.1, 0.15) is 10.5 Å². The summed E-state index contributed by atoms with van der Waals surface area (Å²) in [4.78, 5) is 28.6. The summed E-state index contributed by atoms with van der Waals surface area (Å²) in [5.41, 5.74) is 5.85. The van der Waals surface area contributed by atoms with Crippen molar-refractivity contribution in [3.8, 4) is 5.88 Å². The molecule has 4 aromatic rings. The van der Waals surface area contributed by atoms with Gasteiger partial charge in [-0.25, -0.2) is 13.4 Å². The van der Waals surface area contributed by atoms with Crippen molar-refractivity contribution >= 4 is 27.5 Å². The van der Waals surface area contributed by atoms with Crippen molar-refractivity contribution < 1.29 is 45.8 Å². The van der Waals surface area contributed by atoms with Crippen LogP contribution in [0.15, 0.2) is 47.5 Å². The number of pyridine rings is 2. The number of carboxylic acid groups (broad SMARTS) is 1. The van der Waals surface area contributed by atoms with Crippen LogP contribution in [-0.2, 0) is 43.5 Å². The minimum Gasteiger partial charge on any atom is -0.481 e. The van der Waals surface area contributed by atoms with Crippen molar-refractivity contribution in [2.75, 3.05) is 19.8 Å². The summed E-state index contributed by atoms with van der Waals surface area (Å²) in [6, 6.07) is 9.66. The van der Waals surface area contributed by atoms with Crippen LogP contribution >= 0.6 is 0 Å². The number of carbonyl (C=O) groups excluding carboxylic acids is 1. The molecule has 1 spiro atoms. The molecule has 3 N–H and O–H groups in total. The third-order valence-corrected chi connectivity index (χ3v) is 11.9. The van der Waals surface area contributed by atoms with Gasteiger partial charge in [-0.05, 0) is 80.1 Å². The number of alkyl halides is 3. The van der Waals surface area contributed by atoms with Gasteiger partial charge < -0.3 is 20.3 Å². The molecular weight excluding hydrogens is 705 g/mol. The molecular formula is C35H39F3N6O7S. The Balaban J connectivity index is 1.44. The number of nitrogens with zero attached hydrogens (tertiary/aromatic N) is 5. The number of aryl methyl sites for hydroxylation is 3. The van der Waals surface area contributed by atoms with E-state index in [1.807, 2.05) is 6.92 Å². The second-order valence-electron chi connectivity index (χ2n) is 14.0. The van der Waals surface area contributed by atoms with E-state index in [0.29, 0.717) is 54.0 Å². The number of nitrogens with two attached hydrogens (primary N) is 1. The number of halogens is 3. The highest BCUT2D eigenvalue weighted by atomic mass is 32.2. The lowest BCUT2D eigenvalue weighted by atomic mass is 9.70. The van der Waals surface area contributed by atoms with Crippen LogP contribution in [-0.4, -0.2) is 74.6 Å². The monoisotopic (exact) mass is 744 g/mol. The Hall–Kier alpha value is -4.61. The molecule has 52 heavy (non-hydrogen) atoms. The highest BCUT2D eigenvalue weighted by Crippen LogP contribution is 2.45. The maximum Gasteiger partial charge on any atom is 0.452 e. The smallest absolute Gasteiger partial charge is 0.452 e. The third-order valence-electron chi connectivity index (χ3n) is 10.1. The van der Waals surface area contributed by atoms with E-state index in [1.54, 1.807) is 25.1 Å². The second kappa shape index (κ2) is 13.4. The lowest BCUT2D eigenvalue weighted by Crippen LogP contribution is -2.50. The van der Waals surface area contributed by atoms with Crippen LogP contribution in [0.1, 0.15) is 78.4 Å². The fourth-order valence-electron chi connectivity index (χ4n) is 7.00. The number of hydrogen-bond donors (Lipinski definition) is 2. The van der Waals surface area contributed by atoms with Crippen LogP contribution in [0.4, 0.5) is 13.2 Å². The van der Waals surface area contributed by atoms with Crippen LogP contribution in [0.2, 0.25) is 0 Å². The van der Waals surface area contributed by atoms with Crippen molar-refractivity contribution in [1.82, 2.24) is 23.9 Å². The average molecular weight is 745 g/mol. The molecule has 0 saturated carbocycles. The van der Waals surface area contributed by atoms with Gasteiger partial charge in [0.25, 0.3) is 0 Å².